The van der Waals surface area contributed by atoms with Gasteiger partial charge in [0.25, 0.3) is 0 Å². The zero-order valence-corrected chi connectivity index (χ0v) is 20.2. The lowest BCUT2D eigenvalue weighted by molar-refractivity contribution is 0.0883. The highest BCUT2D eigenvalue weighted by atomic mass is 32.2. The zero-order valence-electron chi connectivity index (χ0n) is 19.4. The van der Waals surface area contributed by atoms with Gasteiger partial charge in [-0.25, -0.2) is 13.1 Å². The summed E-state index contributed by atoms with van der Waals surface area (Å²) >= 11 is 0. The Hall–Kier alpha value is -1.63. The Morgan fingerprint density at radius 3 is 2.32 bits per heavy atom. The van der Waals surface area contributed by atoms with E-state index in [0.29, 0.717) is 18.1 Å². The molecule has 2 N–H and O–H groups in total. The summed E-state index contributed by atoms with van der Waals surface area (Å²) < 4.78 is 30.9. The lowest BCUT2D eigenvalue weighted by atomic mass is 9.72. The van der Waals surface area contributed by atoms with E-state index < -0.39 is 10.0 Å². The minimum absolute atomic E-state index is 0.330. The van der Waals surface area contributed by atoms with E-state index in [0.717, 1.165) is 44.0 Å². The van der Waals surface area contributed by atoms with Crippen LogP contribution in [0.15, 0.2) is 36.4 Å². The molecule has 172 valence electrons. The fourth-order valence-electron chi connectivity index (χ4n) is 4.40. The normalized spacial score (nSPS) is 20.1. The maximum absolute atomic E-state index is 11.1. The number of nitrogens with one attached hydrogen (secondary N) is 2. The molecule has 3 rings (SSSR count). The van der Waals surface area contributed by atoms with Crippen LogP contribution in [0.2, 0.25) is 0 Å². The molecule has 0 spiro atoms. The van der Waals surface area contributed by atoms with Gasteiger partial charge in [-0.2, -0.15) is 0 Å². The number of rotatable bonds is 9. The smallest absolute Gasteiger partial charge is 0.208 e. The van der Waals surface area contributed by atoms with Crippen molar-refractivity contribution in [3.8, 4) is 5.75 Å². The van der Waals surface area contributed by atoms with Crippen molar-refractivity contribution < 1.29 is 13.2 Å². The van der Waals surface area contributed by atoms with Gasteiger partial charge in [-0.1, -0.05) is 39.0 Å². The van der Waals surface area contributed by atoms with Crippen LogP contribution in [0.5, 0.6) is 5.75 Å². The van der Waals surface area contributed by atoms with Crippen molar-refractivity contribution in [1.82, 2.24) is 10.0 Å². The van der Waals surface area contributed by atoms with Gasteiger partial charge in [-0.05, 0) is 84.5 Å². The Balaban J connectivity index is 1.48. The van der Waals surface area contributed by atoms with Crippen LogP contribution in [0.25, 0.3) is 10.8 Å². The molecule has 0 aliphatic heterocycles. The molecular formula is C25H38N2O3S. The molecule has 6 heteroatoms. The predicted molar refractivity (Wildman–Crippen MR) is 129 cm³/mol. The summed E-state index contributed by atoms with van der Waals surface area (Å²) in [4.78, 5) is 0. The molecule has 5 nitrogen and oxygen atoms in total. The van der Waals surface area contributed by atoms with Gasteiger partial charge in [-0.15, -0.1) is 0 Å². The quantitative estimate of drug-likeness (QED) is 0.540. The van der Waals surface area contributed by atoms with Gasteiger partial charge < -0.3 is 10.1 Å². The van der Waals surface area contributed by atoms with Crippen molar-refractivity contribution in [3.63, 3.8) is 0 Å². The summed E-state index contributed by atoms with van der Waals surface area (Å²) in [7, 11) is -3.10. The lowest BCUT2D eigenvalue weighted by Crippen LogP contribution is -2.30. The summed E-state index contributed by atoms with van der Waals surface area (Å²) in [5.41, 5.74) is 1.62. The number of fused-ring (bicyclic) bond motifs is 1. The fraction of sp³-hybridized carbons (Fsp3) is 0.600. The first kappa shape index (κ1) is 24.0. The number of sulfonamides is 1. The first-order valence-corrected chi connectivity index (χ1v) is 13.3. The molecule has 0 unspecified atom stereocenters. The second-order valence-corrected chi connectivity index (χ2v) is 11.8. The molecule has 1 aliphatic rings. The number of benzene rings is 2. The third-order valence-corrected chi connectivity index (χ3v) is 7.03. The van der Waals surface area contributed by atoms with E-state index in [2.05, 4.69) is 67.2 Å². The highest BCUT2D eigenvalue weighted by Gasteiger charge is 2.30. The molecule has 31 heavy (non-hydrogen) atoms. The highest BCUT2D eigenvalue weighted by Crippen LogP contribution is 2.39. The number of ether oxygens (including phenoxy) is 1. The van der Waals surface area contributed by atoms with Crippen molar-refractivity contribution in [2.45, 2.75) is 65.5 Å². The van der Waals surface area contributed by atoms with E-state index in [4.69, 9.17) is 4.74 Å². The highest BCUT2D eigenvalue weighted by molar-refractivity contribution is 7.88. The first-order valence-electron chi connectivity index (χ1n) is 11.4. The van der Waals surface area contributed by atoms with Gasteiger partial charge in [0, 0.05) is 13.1 Å². The number of hydrogen-bond acceptors (Lipinski definition) is 4. The van der Waals surface area contributed by atoms with E-state index >= 15 is 0 Å². The molecule has 0 saturated heterocycles. The Morgan fingerprint density at radius 2 is 1.65 bits per heavy atom. The Morgan fingerprint density at radius 1 is 0.968 bits per heavy atom. The summed E-state index contributed by atoms with van der Waals surface area (Å²) in [6.45, 7) is 9.05. The first-order chi connectivity index (χ1) is 14.6. The standard InChI is InChI=1S/C25H38N2O3S/c1-25(2,3)22-9-12-23(13-10-22)30-24-11-8-20-16-19(6-7-21(20)17-24)18-26-14-5-15-27-31(4,28)29/h6-8,11,16-17,22-23,26-27H,5,9-10,12-15,18H2,1-4H3. The van der Waals surface area contributed by atoms with E-state index in [-0.39, 0.29) is 0 Å². The predicted octanol–water partition coefficient (Wildman–Crippen LogP) is 4.85. The fourth-order valence-corrected chi connectivity index (χ4v) is 4.91. The van der Waals surface area contributed by atoms with E-state index in [1.165, 1.54) is 35.4 Å². The lowest BCUT2D eigenvalue weighted by Gasteiger charge is -2.37. The third-order valence-electron chi connectivity index (χ3n) is 6.30. The molecule has 0 bridgehead atoms. The summed E-state index contributed by atoms with van der Waals surface area (Å²) in [6, 6.07) is 12.9. The van der Waals surface area contributed by atoms with Gasteiger partial charge in [0.2, 0.25) is 10.0 Å². The average Bonchev–Trinajstić information content (AvgIpc) is 2.69. The second kappa shape index (κ2) is 10.3. The zero-order chi connectivity index (χ0) is 22.5. The largest absolute Gasteiger partial charge is 0.490 e. The Labute approximate surface area is 188 Å². The molecular weight excluding hydrogens is 408 g/mol. The van der Waals surface area contributed by atoms with Gasteiger partial charge >= 0.3 is 0 Å². The average molecular weight is 447 g/mol. The van der Waals surface area contributed by atoms with Gasteiger partial charge in [0.05, 0.1) is 12.4 Å². The SMILES string of the molecule is CC(C)(C)C1CCC(Oc2ccc3cc(CNCCCNS(C)(=O)=O)ccc3c2)CC1. The minimum atomic E-state index is -3.10. The number of hydrogen-bond donors (Lipinski definition) is 2. The summed E-state index contributed by atoms with van der Waals surface area (Å²) in [5, 5.41) is 5.78. The van der Waals surface area contributed by atoms with E-state index in [1.807, 2.05) is 0 Å². The monoisotopic (exact) mass is 446 g/mol. The van der Waals surface area contributed by atoms with Crippen LogP contribution >= 0.6 is 0 Å². The molecule has 1 saturated carbocycles. The van der Waals surface area contributed by atoms with Crippen LogP contribution in [-0.2, 0) is 16.6 Å². The molecule has 0 amide bonds. The van der Waals surface area contributed by atoms with Crippen molar-refractivity contribution in [3.05, 3.63) is 42.0 Å². The van der Waals surface area contributed by atoms with Crippen LogP contribution < -0.4 is 14.8 Å². The van der Waals surface area contributed by atoms with Crippen LogP contribution in [0.3, 0.4) is 0 Å². The maximum atomic E-state index is 11.1. The molecule has 2 aromatic carbocycles. The molecule has 1 fully saturated rings. The van der Waals surface area contributed by atoms with Crippen LogP contribution in [-0.4, -0.2) is 33.9 Å². The van der Waals surface area contributed by atoms with Crippen molar-refractivity contribution in [2.24, 2.45) is 11.3 Å². The van der Waals surface area contributed by atoms with E-state index in [1.54, 1.807) is 0 Å². The van der Waals surface area contributed by atoms with Crippen molar-refractivity contribution in [2.75, 3.05) is 19.3 Å². The van der Waals surface area contributed by atoms with Gasteiger partial charge in [-0.3, -0.25) is 0 Å². The molecule has 0 heterocycles. The van der Waals surface area contributed by atoms with Crippen LogP contribution in [0.4, 0.5) is 0 Å². The van der Waals surface area contributed by atoms with Crippen molar-refractivity contribution >= 4 is 20.8 Å². The molecule has 1 aliphatic carbocycles. The Kier molecular flexibility index (Phi) is 8.00. The minimum Gasteiger partial charge on any atom is -0.490 e. The summed E-state index contributed by atoms with van der Waals surface area (Å²) in [5.74, 6) is 1.77. The Bertz CT molecular complexity index is 958. The third kappa shape index (κ3) is 7.78. The van der Waals surface area contributed by atoms with Crippen LogP contribution in [0, 0.1) is 11.3 Å². The van der Waals surface area contributed by atoms with E-state index in [9.17, 15) is 8.42 Å². The molecule has 2 aromatic rings. The van der Waals surface area contributed by atoms with Crippen molar-refractivity contribution in [1.29, 1.82) is 0 Å². The van der Waals surface area contributed by atoms with Gasteiger partial charge in [0.15, 0.2) is 0 Å². The van der Waals surface area contributed by atoms with Gasteiger partial charge in [0.1, 0.15) is 5.75 Å². The maximum Gasteiger partial charge on any atom is 0.208 e. The summed E-state index contributed by atoms with van der Waals surface area (Å²) in [6.07, 6.45) is 7.07. The van der Waals surface area contributed by atoms with Crippen LogP contribution in [0.1, 0.15) is 58.4 Å². The second-order valence-electron chi connectivity index (χ2n) is 10.00. The molecule has 0 aromatic heterocycles. The molecule has 0 atom stereocenters. The topological polar surface area (TPSA) is 67.4 Å². The molecule has 0 radical (unpaired) electrons.